The molecule has 0 bridgehead atoms. The number of carbonyl (C=O) groups is 1. The van der Waals surface area contributed by atoms with E-state index < -0.39 is 0 Å². The lowest BCUT2D eigenvalue weighted by Crippen LogP contribution is -2.28. The van der Waals surface area contributed by atoms with E-state index in [4.69, 9.17) is 9.47 Å². The largest absolute Gasteiger partial charge is 0.496 e. The van der Waals surface area contributed by atoms with Crippen molar-refractivity contribution in [1.29, 1.82) is 0 Å². The molecule has 1 aromatic carbocycles. The number of nitrogens with zero attached hydrogens (tertiary/aromatic N) is 1. The van der Waals surface area contributed by atoms with Gasteiger partial charge in [-0.25, -0.2) is 0 Å². The third-order valence-corrected chi connectivity index (χ3v) is 3.46. The Labute approximate surface area is 124 Å². The highest BCUT2D eigenvalue weighted by Crippen LogP contribution is 2.35. The van der Waals surface area contributed by atoms with Gasteiger partial charge in [-0.1, -0.05) is 13.8 Å². The third-order valence-electron chi connectivity index (χ3n) is 3.46. The van der Waals surface area contributed by atoms with Gasteiger partial charge in [-0.05, 0) is 24.1 Å². The minimum absolute atomic E-state index is 0.0912. The molecular weight excluding hydrogens is 268 g/mol. The van der Waals surface area contributed by atoms with Crippen LogP contribution in [-0.2, 0) is 7.05 Å². The standard InChI is InChI=1S/C16H22N2O3/c1-10(2)9-17-16(19)12-8-11-13(20-4)6-7-14(21-5)15(11)18(12)3/h6-8,10H,9H2,1-5H3,(H,17,19). The van der Waals surface area contributed by atoms with Crippen LogP contribution in [0.2, 0.25) is 0 Å². The van der Waals surface area contributed by atoms with Crippen molar-refractivity contribution in [1.82, 2.24) is 9.88 Å². The molecule has 2 aromatic rings. The van der Waals surface area contributed by atoms with Crippen LogP contribution in [0.15, 0.2) is 18.2 Å². The molecule has 5 nitrogen and oxygen atoms in total. The average Bonchev–Trinajstić information content (AvgIpc) is 2.82. The quantitative estimate of drug-likeness (QED) is 0.921. The van der Waals surface area contributed by atoms with Gasteiger partial charge in [0.2, 0.25) is 0 Å². The molecule has 0 spiro atoms. The molecule has 0 atom stereocenters. The van der Waals surface area contributed by atoms with E-state index >= 15 is 0 Å². The van der Waals surface area contributed by atoms with E-state index in [1.807, 2.05) is 29.8 Å². The zero-order valence-electron chi connectivity index (χ0n) is 13.2. The Morgan fingerprint density at radius 3 is 2.43 bits per heavy atom. The summed E-state index contributed by atoms with van der Waals surface area (Å²) in [6.45, 7) is 4.77. The lowest BCUT2D eigenvalue weighted by atomic mass is 10.2. The van der Waals surface area contributed by atoms with Gasteiger partial charge in [0.15, 0.2) is 0 Å². The molecule has 1 aromatic heterocycles. The van der Waals surface area contributed by atoms with Gasteiger partial charge in [-0.2, -0.15) is 0 Å². The van der Waals surface area contributed by atoms with Crippen LogP contribution in [0.25, 0.3) is 10.9 Å². The highest BCUT2D eigenvalue weighted by atomic mass is 16.5. The molecule has 0 aliphatic heterocycles. The fourth-order valence-electron chi connectivity index (χ4n) is 2.36. The second-order valence-corrected chi connectivity index (χ2v) is 5.42. The maximum absolute atomic E-state index is 12.3. The zero-order chi connectivity index (χ0) is 15.6. The van der Waals surface area contributed by atoms with Crippen LogP contribution >= 0.6 is 0 Å². The number of carbonyl (C=O) groups excluding carboxylic acids is 1. The molecule has 1 N–H and O–H groups in total. The second kappa shape index (κ2) is 6.08. The number of methoxy groups -OCH3 is 2. The van der Waals surface area contributed by atoms with Gasteiger partial charge in [0.25, 0.3) is 5.91 Å². The van der Waals surface area contributed by atoms with Crippen molar-refractivity contribution in [2.45, 2.75) is 13.8 Å². The summed E-state index contributed by atoms with van der Waals surface area (Å²) < 4.78 is 12.6. The summed E-state index contributed by atoms with van der Waals surface area (Å²) in [7, 11) is 5.09. The predicted octanol–water partition coefficient (Wildman–Crippen LogP) is 2.58. The number of fused-ring (bicyclic) bond motifs is 1. The third kappa shape index (κ3) is 2.82. The molecule has 0 fully saturated rings. The molecule has 0 unspecified atom stereocenters. The van der Waals surface area contributed by atoms with Crippen LogP contribution in [0.3, 0.4) is 0 Å². The number of benzene rings is 1. The van der Waals surface area contributed by atoms with Gasteiger partial charge < -0.3 is 19.4 Å². The van der Waals surface area contributed by atoms with Gasteiger partial charge >= 0.3 is 0 Å². The first-order valence-electron chi connectivity index (χ1n) is 6.98. The van der Waals surface area contributed by atoms with Gasteiger partial charge in [0.1, 0.15) is 17.2 Å². The van der Waals surface area contributed by atoms with Crippen LogP contribution in [0.1, 0.15) is 24.3 Å². The van der Waals surface area contributed by atoms with Crippen molar-refractivity contribution in [2.75, 3.05) is 20.8 Å². The van der Waals surface area contributed by atoms with Crippen LogP contribution < -0.4 is 14.8 Å². The minimum atomic E-state index is -0.0912. The number of nitrogens with one attached hydrogen (secondary N) is 1. The molecule has 1 amide bonds. The molecule has 5 heteroatoms. The maximum atomic E-state index is 12.3. The number of ether oxygens (including phenoxy) is 2. The van der Waals surface area contributed by atoms with E-state index in [9.17, 15) is 4.79 Å². The predicted molar refractivity (Wildman–Crippen MR) is 83.2 cm³/mol. The average molecular weight is 290 g/mol. The van der Waals surface area contributed by atoms with Crippen molar-refractivity contribution < 1.29 is 14.3 Å². The summed E-state index contributed by atoms with van der Waals surface area (Å²) in [6.07, 6.45) is 0. The van der Waals surface area contributed by atoms with Crippen LogP contribution in [0, 0.1) is 5.92 Å². The highest BCUT2D eigenvalue weighted by molar-refractivity contribution is 6.02. The molecule has 21 heavy (non-hydrogen) atoms. The van der Waals surface area contributed by atoms with E-state index in [0.717, 1.165) is 22.4 Å². The summed E-state index contributed by atoms with van der Waals surface area (Å²) >= 11 is 0. The zero-order valence-corrected chi connectivity index (χ0v) is 13.2. The van der Waals surface area contributed by atoms with Crippen molar-refractivity contribution in [2.24, 2.45) is 13.0 Å². The highest BCUT2D eigenvalue weighted by Gasteiger charge is 2.18. The fourth-order valence-corrected chi connectivity index (χ4v) is 2.36. The Hall–Kier alpha value is -2.17. The van der Waals surface area contributed by atoms with Crippen molar-refractivity contribution >= 4 is 16.8 Å². The van der Waals surface area contributed by atoms with Gasteiger partial charge in [0, 0.05) is 19.0 Å². The molecule has 2 rings (SSSR count). The van der Waals surface area contributed by atoms with E-state index in [-0.39, 0.29) is 5.91 Å². The van der Waals surface area contributed by atoms with E-state index in [1.165, 1.54) is 0 Å². The molecule has 0 aliphatic carbocycles. The van der Waals surface area contributed by atoms with Crippen LogP contribution in [0.4, 0.5) is 0 Å². The number of aromatic nitrogens is 1. The Morgan fingerprint density at radius 2 is 1.86 bits per heavy atom. The number of hydrogen-bond acceptors (Lipinski definition) is 3. The van der Waals surface area contributed by atoms with E-state index in [1.54, 1.807) is 14.2 Å². The smallest absolute Gasteiger partial charge is 0.267 e. The minimum Gasteiger partial charge on any atom is -0.496 e. The van der Waals surface area contributed by atoms with Crippen molar-refractivity contribution in [3.63, 3.8) is 0 Å². The summed E-state index contributed by atoms with van der Waals surface area (Å²) in [4.78, 5) is 12.3. The normalized spacial score (nSPS) is 11.0. The van der Waals surface area contributed by atoms with Gasteiger partial charge in [-0.3, -0.25) is 4.79 Å². The molecule has 0 saturated heterocycles. The first-order chi connectivity index (χ1) is 9.99. The second-order valence-electron chi connectivity index (χ2n) is 5.42. The summed E-state index contributed by atoms with van der Waals surface area (Å²) in [5.74, 6) is 1.76. The number of amides is 1. The molecule has 0 aliphatic rings. The van der Waals surface area contributed by atoms with E-state index in [2.05, 4.69) is 19.2 Å². The van der Waals surface area contributed by atoms with Gasteiger partial charge in [0.05, 0.1) is 19.7 Å². The summed E-state index contributed by atoms with van der Waals surface area (Å²) in [5.41, 5.74) is 1.44. The SMILES string of the molecule is COc1ccc(OC)c2c1cc(C(=O)NCC(C)C)n2C. The van der Waals surface area contributed by atoms with Crippen molar-refractivity contribution in [3.8, 4) is 11.5 Å². The van der Waals surface area contributed by atoms with Crippen molar-refractivity contribution in [3.05, 3.63) is 23.9 Å². The number of hydrogen-bond donors (Lipinski definition) is 1. The first kappa shape index (κ1) is 15.2. The number of aryl methyl sites for hydroxylation is 1. The molecule has 1 heterocycles. The Bertz CT molecular complexity index is 659. The van der Waals surface area contributed by atoms with Crippen LogP contribution in [0.5, 0.6) is 11.5 Å². The van der Waals surface area contributed by atoms with Gasteiger partial charge in [-0.15, -0.1) is 0 Å². The molecular formula is C16H22N2O3. The first-order valence-corrected chi connectivity index (χ1v) is 6.98. The number of rotatable bonds is 5. The Morgan fingerprint density at radius 1 is 1.24 bits per heavy atom. The summed E-state index contributed by atoms with van der Waals surface area (Å²) in [5, 5.41) is 3.80. The lowest BCUT2D eigenvalue weighted by molar-refractivity contribution is 0.0941. The fraction of sp³-hybridized carbons (Fsp3) is 0.438. The van der Waals surface area contributed by atoms with E-state index in [0.29, 0.717) is 18.2 Å². The summed E-state index contributed by atoms with van der Waals surface area (Å²) in [6, 6.07) is 5.53. The Balaban J connectivity index is 2.51. The molecule has 114 valence electrons. The monoisotopic (exact) mass is 290 g/mol. The van der Waals surface area contributed by atoms with Crippen LogP contribution in [-0.4, -0.2) is 31.2 Å². The topological polar surface area (TPSA) is 52.5 Å². The lowest BCUT2D eigenvalue weighted by Gasteiger charge is -2.10. The Kier molecular flexibility index (Phi) is 4.40. The maximum Gasteiger partial charge on any atom is 0.267 e. The molecule has 0 saturated carbocycles. The molecule has 0 radical (unpaired) electrons.